The van der Waals surface area contributed by atoms with Gasteiger partial charge in [-0.3, -0.25) is 9.59 Å². The zero-order chi connectivity index (χ0) is 15.5. The molecule has 22 heavy (non-hydrogen) atoms. The van der Waals surface area contributed by atoms with Gasteiger partial charge >= 0.3 is 0 Å². The molecule has 8 heteroatoms. The molecule has 2 heterocycles. The molecule has 2 amide bonds. The van der Waals surface area contributed by atoms with Crippen LogP contribution in [0.1, 0.15) is 6.42 Å². The van der Waals surface area contributed by atoms with Crippen LogP contribution in [0.15, 0.2) is 23.6 Å². The maximum Gasteiger partial charge on any atom is 0.262 e. The number of nitrogens with two attached hydrogens (primary N) is 1. The van der Waals surface area contributed by atoms with E-state index in [1.807, 2.05) is 11.4 Å². The molecular weight excluding hydrogens is 304 g/mol. The van der Waals surface area contributed by atoms with Crippen molar-refractivity contribution in [1.29, 1.82) is 0 Å². The Hall–Kier alpha value is -2.45. The van der Waals surface area contributed by atoms with E-state index in [0.29, 0.717) is 23.1 Å². The van der Waals surface area contributed by atoms with Crippen LogP contribution >= 0.6 is 11.3 Å². The minimum atomic E-state index is -0.183. The lowest BCUT2D eigenvalue weighted by atomic mass is 10.1. The number of carbonyl (C=O) groups is 2. The number of thiazole rings is 1. The predicted octanol–water partition coefficient (Wildman–Crippen LogP) is 1.43. The topological polar surface area (TPSA) is 106 Å². The number of ether oxygens (including phenoxy) is 1. The molecule has 0 saturated heterocycles. The maximum atomic E-state index is 11.5. The van der Waals surface area contributed by atoms with Gasteiger partial charge in [-0.2, -0.15) is 0 Å². The lowest BCUT2D eigenvalue weighted by Crippen LogP contribution is -2.25. The van der Waals surface area contributed by atoms with Crippen LogP contribution in [0.2, 0.25) is 0 Å². The van der Waals surface area contributed by atoms with Crippen LogP contribution in [0.4, 0.5) is 10.8 Å². The SMILES string of the molecule is NCCC(=O)Nc1nc(-c2ccc3c(c2)NC(=O)CO3)cs1. The third-order valence-electron chi connectivity index (χ3n) is 3.03. The summed E-state index contributed by atoms with van der Waals surface area (Å²) in [7, 11) is 0. The number of benzene rings is 1. The first kappa shape index (κ1) is 14.5. The summed E-state index contributed by atoms with van der Waals surface area (Å²) in [4.78, 5) is 27.2. The van der Waals surface area contributed by atoms with Gasteiger partial charge in [0.1, 0.15) is 5.75 Å². The Morgan fingerprint density at radius 2 is 2.36 bits per heavy atom. The molecule has 1 aliphatic heterocycles. The molecule has 0 bridgehead atoms. The van der Waals surface area contributed by atoms with Crippen molar-refractivity contribution < 1.29 is 14.3 Å². The van der Waals surface area contributed by atoms with Crippen molar-refractivity contribution >= 4 is 34.0 Å². The van der Waals surface area contributed by atoms with E-state index in [9.17, 15) is 9.59 Å². The number of anilines is 2. The second-order valence-electron chi connectivity index (χ2n) is 4.67. The number of amides is 2. The molecule has 1 aliphatic rings. The highest BCUT2D eigenvalue weighted by Gasteiger charge is 2.17. The fourth-order valence-corrected chi connectivity index (χ4v) is 2.75. The van der Waals surface area contributed by atoms with Gasteiger partial charge in [0.05, 0.1) is 11.4 Å². The van der Waals surface area contributed by atoms with E-state index in [4.69, 9.17) is 10.5 Å². The Balaban J connectivity index is 1.80. The number of hydrogen-bond acceptors (Lipinski definition) is 6. The molecule has 2 aromatic rings. The number of carbonyl (C=O) groups excluding carboxylic acids is 2. The van der Waals surface area contributed by atoms with Gasteiger partial charge in [-0.25, -0.2) is 4.98 Å². The Kier molecular flexibility index (Phi) is 4.03. The van der Waals surface area contributed by atoms with Crippen molar-refractivity contribution in [2.45, 2.75) is 6.42 Å². The number of nitrogens with zero attached hydrogens (tertiary/aromatic N) is 1. The zero-order valence-electron chi connectivity index (χ0n) is 11.6. The summed E-state index contributed by atoms with van der Waals surface area (Å²) >= 11 is 1.33. The molecule has 3 rings (SSSR count). The van der Waals surface area contributed by atoms with E-state index in [-0.39, 0.29) is 24.8 Å². The van der Waals surface area contributed by atoms with Crippen molar-refractivity contribution in [2.24, 2.45) is 5.73 Å². The van der Waals surface area contributed by atoms with Crippen molar-refractivity contribution in [2.75, 3.05) is 23.8 Å². The van der Waals surface area contributed by atoms with Gasteiger partial charge in [0.15, 0.2) is 11.7 Å². The third kappa shape index (κ3) is 3.07. The monoisotopic (exact) mass is 318 g/mol. The van der Waals surface area contributed by atoms with E-state index in [0.717, 1.165) is 11.3 Å². The first-order chi connectivity index (χ1) is 10.7. The second kappa shape index (κ2) is 6.12. The van der Waals surface area contributed by atoms with E-state index >= 15 is 0 Å². The Morgan fingerprint density at radius 3 is 3.18 bits per heavy atom. The standard InChI is InChI=1S/C14H14N4O3S/c15-4-3-12(19)18-14-17-10(7-22-14)8-1-2-11-9(5-8)16-13(20)6-21-11/h1-2,5,7H,3-4,6,15H2,(H,16,20)(H,17,18,19). The predicted molar refractivity (Wildman–Crippen MR) is 84.0 cm³/mol. The molecule has 0 saturated carbocycles. The molecule has 0 unspecified atom stereocenters. The lowest BCUT2D eigenvalue weighted by Gasteiger charge is -2.18. The van der Waals surface area contributed by atoms with Gasteiger partial charge in [0.25, 0.3) is 5.91 Å². The zero-order valence-corrected chi connectivity index (χ0v) is 12.4. The Morgan fingerprint density at radius 1 is 1.50 bits per heavy atom. The van der Waals surface area contributed by atoms with Crippen molar-refractivity contribution in [3.63, 3.8) is 0 Å². The van der Waals surface area contributed by atoms with Gasteiger partial charge in [-0.05, 0) is 18.2 Å². The number of aromatic nitrogens is 1. The fourth-order valence-electron chi connectivity index (χ4n) is 2.02. The van der Waals surface area contributed by atoms with E-state index in [1.54, 1.807) is 12.1 Å². The average molecular weight is 318 g/mol. The minimum Gasteiger partial charge on any atom is -0.482 e. The number of hydrogen-bond donors (Lipinski definition) is 3. The average Bonchev–Trinajstić information content (AvgIpc) is 2.95. The highest BCUT2D eigenvalue weighted by atomic mass is 32.1. The summed E-state index contributed by atoms with van der Waals surface area (Å²) < 4.78 is 5.31. The molecule has 1 aromatic carbocycles. The van der Waals surface area contributed by atoms with Crippen molar-refractivity contribution in [3.05, 3.63) is 23.6 Å². The van der Waals surface area contributed by atoms with Gasteiger partial charge in [0, 0.05) is 23.9 Å². The molecule has 4 N–H and O–H groups in total. The molecule has 1 aromatic heterocycles. The second-order valence-corrected chi connectivity index (χ2v) is 5.53. The van der Waals surface area contributed by atoms with Crippen molar-refractivity contribution in [3.8, 4) is 17.0 Å². The summed E-state index contributed by atoms with van der Waals surface area (Å²) in [6.45, 7) is 0.328. The van der Waals surface area contributed by atoms with Crippen LogP contribution in [0.3, 0.4) is 0 Å². The van der Waals surface area contributed by atoms with E-state index in [1.165, 1.54) is 11.3 Å². The summed E-state index contributed by atoms with van der Waals surface area (Å²) in [6, 6.07) is 5.44. The molecule has 0 atom stereocenters. The molecule has 7 nitrogen and oxygen atoms in total. The molecule has 0 radical (unpaired) electrons. The van der Waals surface area contributed by atoms with E-state index in [2.05, 4.69) is 15.6 Å². The largest absolute Gasteiger partial charge is 0.482 e. The third-order valence-corrected chi connectivity index (χ3v) is 3.79. The molecular formula is C14H14N4O3S. The number of rotatable bonds is 4. The van der Waals surface area contributed by atoms with Crippen LogP contribution < -0.4 is 21.1 Å². The minimum absolute atomic E-state index is 0.0281. The Labute approximate surface area is 130 Å². The number of fused-ring (bicyclic) bond motifs is 1. The molecule has 0 fully saturated rings. The summed E-state index contributed by atoms with van der Waals surface area (Å²) in [5.41, 5.74) is 7.50. The highest BCUT2D eigenvalue weighted by molar-refractivity contribution is 7.14. The first-order valence-corrected chi connectivity index (χ1v) is 7.56. The smallest absolute Gasteiger partial charge is 0.262 e. The van der Waals surface area contributed by atoms with Gasteiger partial charge in [0.2, 0.25) is 5.91 Å². The van der Waals surface area contributed by atoms with Crippen LogP contribution in [0.25, 0.3) is 11.3 Å². The normalized spacial score (nSPS) is 13.0. The van der Waals surface area contributed by atoms with Gasteiger partial charge < -0.3 is 21.1 Å². The van der Waals surface area contributed by atoms with E-state index < -0.39 is 0 Å². The van der Waals surface area contributed by atoms with Crippen LogP contribution in [0.5, 0.6) is 5.75 Å². The highest BCUT2D eigenvalue weighted by Crippen LogP contribution is 2.33. The molecule has 114 valence electrons. The lowest BCUT2D eigenvalue weighted by molar-refractivity contribution is -0.118. The summed E-state index contributed by atoms with van der Waals surface area (Å²) in [5, 5.41) is 7.81. The van der Waals surface area contributed by atoms with Crippen LogP contribution in [-0.2, 0) is 9.59 Å². The maximum absolute atomic E-state index is 11.5. The first-order valence-electron chi connectivity index (χ1n) is 6.68. The van der Waals surface area contributed by atoms with Crippen LogP contribution in [0, 0.1) is 0 Å². The van der Waals surface area contributed by atoms with Gasteiger partial charge in [-0.15, -0.1) is 11.3 Å². The Bertz CT molecular complexity index is 729. The van der Waals surface area contributed by atoms with Gasteiger partial charge in [-0.1, -0.05) is 0 Å². The van der Waals surface area contributed by atoms with Crippen LogP contribution in [-0.4, -0.2) is 29.9 Å². The fraction of sp³-hybridized carbons (Fsp3) is 0.214. The molecule has 0 aliphatic carbocycles. The number of nitrogens with one attached hydrogen (secondary N) is 2. The summed E-state index contributed by atoms with van der Waals surface area (Å²) in [6.07, 6.45) is 0.261. The van der Waals surface area contributed by atoms with Crippen molar-refractivity contribution in [1.82, 2.24) is 4.98 Å². The molecule has 0 spiro atoms. The summed E-state index contributed by atoms with van der Waals surface area (Å²) in [5.74, 6) is 0.294. The quantitative estimate of drug-likeness (QED) is 0.790.